The third kappa shape index (κ3) is 5.32. The van der Waals surface area contributed by atoms with Crippen molar-refractivity contribution in [2.45, 2.75) is 25.8 Å². The van der Waals surface area contributed by atoms with Crippen molar-refractivity contribution in [3.63, 3.8) is 0 Å². The summed E-state index contributed by atoms with van der Waals surface area (Å²) < 4.78 is 5.21. The maximum absolute atomic E-state index is 13.7. The molecule has 1 aliphatic heterocycles. The maximum Gasteiger partial charge on any atom is 0.312 e. The summed E-state index contributed by atoms with van der Waals surface area (Å²) in [4.78, 5) is 30.7. The molecular weight excluding hydrogens is 412 g/mol. The van der Waals surface area contributed by atoms with Crippen molar-refractivity contribution in [1.82, 2.24) is 4.90 Å². The predicted molar refractivity (Wildman–Crippen MR) is 130 cm³/mol. The van der Waals surface area contributed by atoms with Gasteiger partial charge in [0.25, 0.3) is 0 Å². The van der Waals surface area contributed by atoms with Gasteiger partial charge >= 0.3 is 5.97 Å². The topological polar surface area (TPSA) is 49.9 Å². The van der Waals surface area contributed by atoms with Gasteiger partial charge in [0.15, 0.2) is 0 Å². The Morgan fingerprint density at radius 2 is 1.30 bits per heavy atom. The van der Waals surface area contributed by atoms with Crippen molar-refractivity contribution < 1.29 is 14.3 Å². The molecule has 0 unspecified atom stereocenters. The summed E-state index contributed by atoms with van der Waals surface area (Å²) in [5.74, 6) is -0.398. The third-order valence-electron chi connectivity index (χ3n) is 6.45. The van der Waals surface area contributed by atoms with E-state index in [2.05, 4.69) is 17.0 Å². The summed E-state index contributed by atoms with van der Waals surface area (Å²) in [5.41, 5.74) is 2.00. The Labute approximate surface area is 195 Å². The number of likely N-dealkylation sites (tertiary alicyclic amines) is 1. The quantitative estimate of drug-likeness (QED) is 0.472. The highest BCUT2D eigenvalue weighted by atomic mass is 16.5. The molecule has 1 fully saturated rings. The minimum Gasteiger partial charge on any atom is -0.469 e. The number of para-hydroxylation sites is 2. The largest absolute Gasteiger partial charge is 0.469 e. The maximum atomic E-state index is 13.7. The van der Waals surface area contributed by atoms with Crippen LogP contribution in [0.5, 0.6) is 0 Å². The second kappa shape index (κ2) is 10.5. The second-order valence-corrected chi connectivity index (χ2v) is 8.61. The normalized spacial score (nSPS) is 15.5. The number of carbonyl (C=O) groups excluding carboxylic acids is 2. The van der Waals surface area contributed by atoms with Gasteiger partial charge in [-0.3, -0.25) is 19.4 Å². The molecule has 0 saturated carbocycles. The lowest BCUT2D eigenvalue weighted by atomic mass is 9.75. The minimum absolute atomic E-state index is 0.102. The summed E-state index contributed by atoms with van der Waals surface area (Å²) in [6.45, 7) is 2.33. The van der Waals surface area contributed by atoms with Crippen LogP contribution in [0.2, 0.25) is 0 Å². The molecule has 33 heavy (non-hydrogen) atoms. The molecule has 0 bridgehead atoms. The van der Waals surface area contributed by atoms with Crippen LogP contribution in [0.25, 0.3) is 0 Å². The smallest absolute Gasteiger partial charge is 0.312 e. The van der Waals surface area contributed by atoms with E-state index in [1.54, 1.807) is 4.90 Å². The summed E-state index contributed by atoms with van der Waals surface area (Å²) >= 11 is 0. The third-order valence-corrected chi connectivity index (χ3v) is 6.45. The Balaban J connectivity index is 1.54. The Bertz CT molecular complexity index is 1010. The van der Waals surface area contributed by atoms with Crippen LogP contribution >= 0.6 is 0 Å². The summed E-state index contributed by atoms with van der Waals surface area (Å²) in [5, 5.41) is 0. The van der Waals surface area contributed by atoms with Gasteiger partial charge in [-0.15, -0.1) is 0 Å². The molecule has 170 valence electrons. The Kier molecular flexibility index (Phi) is 7.20. The fourth-order valence-electron chi connectivity index (χ4n) is 4.61. The van der Waals surface area contributed by atoms with Gasteiger partial charge in [0.05, 0.1) is 12.5 Å². The molecule has 3 aromatic carbocycles. The summed E-state index contributed by atoms with van der Waals surface area (Å²) in [6, 6.07) is 29.5. The zero-order chi connectivity index (χ0) is 23.1. The highest BCUT2D eigenvalue weighted by Crippen LogP contribution is 2.39. The summed E-state index contributed by atoms with van der Waals surface area (Å²) in [7, 11) is 1.41. The lowest BCUT2D eigenvalue weighted by Crippen LogP contribution is -2.47. The van der Waals surface area contributed by atoms with Crippen LogP contribution < -0.4 is 4.90 Å². The van der Waals surface area contributed by atoms with Gasteiger partial charge in [-0.2, -0.15) is 0 Å². The monoisotopic (exact) mass is 442 g/mol. The number of hydrogen-bond acceptors (Lipinski definition) is 4. The van der Waals surface area contributed by atoms with E-state index in [-0.39, 0.29) is 18.3 Å². The Morgan fingerprint density at radius 3 is 1.79 bits per heavy atom. The number of esters is 1. The van der Waals surface area contributed by atoms with Crippen LogP contribution in [0.1, 0.15) is 24.8 Å². The highest BCUT2D eigenvalue weighted by Gasteiger charge is 2.45. The Morgan fingerprint density at radius 1 is 0.818 bits per heavy atom. The average Bonchev–Trinajstić information content (AvgIpc) is 2.87. The van der Waals surface area contributed by atoms with Crippen LogP contribution in [-0.4, -0.2) is 37.0 Å². The van der Waals surface area contributed by atoms with E-state index >= 15 is 0 Å². The fraction of sp³-hybridized carbons (Fsp3) is 0.286. The van der Waals surface area contributed by atoms with Gasteiger partial charge in [0, 0.05) is 24.3 Å². The van der Waals surface area contributed by atoms with E-state index in [0.717, 1.165) is 31.0 Å². The van der Waals surface area contributed by atoms with Crippen LogP contribution in [0.15, 0.2) is 91.0 Å². The first-order valence-corrected chi connectivity index (χ1v) is 11.4. The van der Waals surface area contributed by atoms with E-state index in [4.69, 9.17) is 4.74 Å². The molecular formula is C28H30N2O3. The number of amides is 1. The number of benzene rings is 3. The number of nitrogens with zero attached hydrogens (tertiary/aromatic N) is 2. The van der Waals surface area contributed by atoms with E-state index in [1.807, 2.05) is 78.9 Å². The van der Waals surface area contributed by atoms with Crippen molar-refractivity contribution in [1.29, 1.82) is 0 Å². The number of methoxy groups -OCH3 is 1. The molecule has 0 atom stereocenters. The predicted octanol–water partition coefficient (Wildman–Crippen LogP) is 5.20. The molecule has 1 saturated heterocycles. The van der Waals surface area contributed by atoms with Crippen LogP contribution in [0.4, 0.5) is 11.4 Å². The number of rotatable bonds is 7. The zero-order valence-electron chi connectivity index (χ0n) is 19.0. The van der Waals surface area contributed by atoms with Gasteiger partial charge < -0.3 is 4.74 Å². The molecule has 4 rings (SSSR count). The lowest BCUT2D eigenvalue weighted by Gasteiger charge is -2.40. The number of ether oxygens (including phenoxy) is 1. The molecule has 5 heteroatoms. The van der Waals surface area contributed by atoms with Gasteiger partial charge in [0.1, 0.15) is 0 Å². The first kappa shape index (κ1) is 22.7. The SMILES string of the molecule is COC(=O)C1(CC(=O)N(c2ccccc2)c2ccccc2)CCN(Cc2ccccc2)CC1. The highest BCUT2D eigenvalue weighted by molar-refractivity contribution is 6.02. The molecule has 0 N–H and O–H groups in total. The number of piperidine rings is 1. The van der Waals surface area contributed by atoms with Gasteiger partial charge in [-0.05, 0) is 55.8 Å². The molecule has 0 spiro atoms. The lowest BCUT2D eigenvalue weighted by molar-refractivity contribution is -0.158. The molecule has 5 nitrogen and oxygen atoms in total. The molecule has 0 radical (unpaired) electrons. The second-order valence-electron chi connectivity index (χ2n) is 8.61. The van der Waals surface area contributed by atoms with E-state index < -0.39 is 5.41 Å². The molecule has 1 heterocycles. The van der Waals surface area contributed by atoms with Crippen LogP contribution in [0.3, 0.4) is 0 Å². The van der Waals surface area contributed by atoms with Crippen molar-refractivity contribution in [2.75, 3.05) is 25.1 Å². The van der Waals surface area contributed by atoms with E-state index in [1.165, 1.54) is 12.7 Å². The van der Waals surface area contributed by atoms with Crippen molar-refractivity contribution in [3.8, 4) is 0 Å². The van der Waals surface area contributed by atoms with Crippen molar-refractivity contribution in [3.05, 3.63) is 96.6 Å². The standard InChI is InChI=1S/C28H30N2O3/c1-33-27(32)28(17-19-29(20-18-28)22-23-11-5-2-6-12-23)21-26(31)30(24-13-7-3-8-14-24)25-15-9-4-10-16-25/h2-16H,17-22H2,1H3. The van der Waals surface area contributed by atoms with Gasteiger partial charge in [-0.25, -0.2) is 0 Å². The van der Waals surface area contributed by atoms with Crippen molar-refractivity contribution in [2.24, 2.45) is 5.41 Å². The molecule has 1 aliphatic rings. The number of hydrogen-bond donors (Lipinski definition) is 0. The van der Waals surface area contributed by atoms with Crippen molar-refractivity contribution >= 4 is 23.3 Å². The first-order valence-electron chi connectivity index (χ1n) is 11.4. The number of anilines is 2. The van der Waals surface area contributed by atoms with E-state index in [0.29, 0.717) is 12.8 Å². The van der Waals surface area contributed by atoms with Gasteiger partial charge in [-0.1, -0.05) is 66.7 Å². The molecule has 1 amide bonds. The fourth-order valence-corrected chi connectivity index (χ4v) is 4.61. The van der Waals surface area contributed by atoms with Crippen LogP contribution in [0, 0.1) is 5.41 Å². The first-order chi connectivity index (χ1) is 16.1. The van der Waals surface area contributed by atoms with E-state index in [9.17, 15) is 9.59 Å². The van der Waals surface area contributed by atoms with Crippen LogP contribution in [-0.2, 0) is 20.9 Å². The minimum atomic E-state index is -0.819. The summed E-state index contributed by atoms with van der Waals surface area (Å²) in [6.07, 6.45) is 1.30. The zero-order valence-corrected chi connectivity index (χ0v) is 19.0. The Hall–Kier alpha value is -3.44. The molecule has 3 aromatic rings. The average molecular weight is 443 g/mol. The number of carbonyl (C=O) groups is 2. The molecule has 0 aliphatic carbocycles. The molecule has 0 aromatic heterocycles. The van der Waals surface area contributed by atoms with Gasteiger partial charge in [0.2, 0.25) is 5.91 Å².